The van der Waals surface area contributed by atoms with Crippen molar-refractivity contribution < 1.29 is 4.39 Å². The fraction of sp³-hybridized carbons (Fsp3) is 0.625. The summed E-state index contributed by atoms with van der Waals surface area (Å²) in [6.07, 6.45) is 4.63. The van der Waals surface area contributed by atoms with Crippen molar-refractivity contribution in [2.24, 2.45) is 5.73 Å². The Morgan fingerprint density at radius 2 is 2.00 bits per heavy atom. The first-order valence-electron chi connectivity index (χ1n) is 7.30. The van der Waals surface area contributed by atoms with Crippen LogP contribution in [0.1, 0.15) is 46.5 Å². The first-order chi connectivity index (χ1) is 9.07. The van der Waals surface area contributed by atoms with Gasteiger partial charge in [0, 0.05) is 24.3 Å². The lowest BCUT2D eigenvalue weighted by Gasteiger charge is -2.42. The highest BCUT2D eigenvalue weighted by Gasteiger charge is 2.29. The second kappa shape index (κ2) is 7.49. The lowest BCUT2D eigenvalue weighted by molar-refractivity contribution is 0.387. The Morgan fingerprint density at radius 3 is 2.53 bits per heavy atom. The molecular weight excluding hydrogens is 239 g/mol. The fourth-order valence-corrected chi connectivity index (χ4v) is 2.62. The maximum atomic E-state index is 13.4. The van der Waals surface area contributed by atoms with Gasteiger partial charge in [-0.05, 0) is 38.5 Å². The number of likely N-dealkylation sites (N-methyl/N-ethyl adjacent to an activating group) is 1. The molecular formula is C16H27FN2. The average molecular weight is 266 g/mol. The van der Waals surface area contributed by atoms with Gasteiger partial charge in [0.05, 0.1) is 0 Å². The molecule has 19 heavy (non-hydrogen) atoms. The Kier molecular flexibility index (Phi) is 6.29. The van der Waals surface area contributed by atoms with Crippen LogP contribution in [0.15, 0.2) is 24.3 Å². The van der Waals surface area contributed by atoms with E-state index in [4.69, 9.17) is 5.73 Å². The van der Waals surface area contributed by atoms with E-state index in [0.29, 0.717) is 6.54 Å². The molecule has 0 heterocycles. The maximum Gasteiger partial charge on any atom is 0.125 e. The largest absolute Gasteiger partial charge is 0.365 e. The van der Waals surface area contributed by atoms with Crippen LogP contribution in [0.5, 0.6) is 0 Å². The molecule has 0 aromatic heterocycles. The van der Waals surface area contributed by atoms with Crippen molar-refractivity contribution in [3.05, 3.63) is 30.1 Å². The van der Waals surface area contributed by atoms with Crippen LogP contribution in [0, 0.1) is 5.82 Å². The van der Waals surface area contributed by atoms with E-state index in [1.54, 1.807) is 12.1 Å². The van der Waals surface area contributed by atoms with E-state index >= 15 is 0 Å². The van der Waals surface area contributed by atoms with Gasteiger partial charge < -0.3 is 10.6 Å². The van der Waals surface area contributed by atoms with E-state index in [0.717, 1.165) is 25.1 Å². The van der Waals surface area contributed by atoms with Crippen molar-refractivity contribution in [1.29, 1.82) is 0 Å². The average Bonchev–Trinajstić information content (AvgIpc) is 2.40. The highest BCUT2D eigenvalue weighted by Crippen LogP contribution is 2.28. The molecule has 1 aromatic rings. The van der Waals surface area contributed by atoms with E-state index in [-0.39, 0.29) is 11.4 Å². The molecule has 1 rings (SSSR count). The summed E-state index contributed by atoms with van der Waals surface area (Å²) in [7, 11) is 0. The number of rotatable bonds is 8. The summed E-state index contributed by atoms with van der Waals surface area (Å²) in [5, 5.41) is 0. The van der Waals surface area contributed by atoms with E-state index in [9.17, 15) is 4.39 Å². The van der Waals surface area contributed by atoms with Crippen molar-refractivity contribution in [2.45, 2.75) is 52.0 Å². The van der Waals surface area contributed by atoms with E-state index < -0.39 is 0 Å². The van der Waals surface area contributed by atoms with Crippen LogP contribution in [0.25, 0.3) is 0 Å². The molecule has 0 radical (unpaired) electrons. The predicted octanol–water partition coefficient (Wildman–Crippen LogP) is 3.95. The standard InChI is InChI=1S/C16H27FN2/c1-4-6-7-11-16(3,13-18)19(5-2)15-10-8-9-14(17)12-15/h8-10,12H,4-7,11,13,18H2,1-3H3. The van der Waals surface area contributed by atoms with Gasteiger partial charge in [-0.3, -0.25) is 0 Å². The molecule has 1 atom stereocenters. The maximum absolute atomic E-state index is 13.4. The minimum Gasteiger partial charge on any atom is -0.365 e. The molecule has 0 bridgehead atoms. The van der Waals surface area contributed by atoms with Crippen LogP contribution in [0.2, 0.25) is 0 Å². The van der Waals surface area contributed by atoms with Gasteiger partial charge in [-0.25, -0.2) is 4.39 Å². The summed E-state index contributed by atoms with van der Waals surface area (Å²) in [4.78, 5) is 2.23. The third-order valence-corrected chi connectivity index (χ3v) is 3.85. The van der Waals surface area contributed by atoms with Gasteiger partial charge in [-0.1, -0.05) is 32.3 Å². The number of hydrogen-bond donors (Lipinski definition) is 1. The van der Waals surface area contributed by atoms with Gasteiger partial charge >= 0.3 is 0 Å². The lowest BCUT2D eigenvalue weighted by Crippen LogP contribution is -2.52. The van der Waals surface area contributed by atoms with E-state index in [1.807, 2.05) is 6.07 Å². The highest BCUT2D eigenvalue weighted by atomic mass is 19.1. The third-order valence-electron chi connectivity index (χ3n) is 3.85. The van der Waals surface area contributed by atoms with Crippen molar-refractivity contribution in [3.63, 3.8) is 0 Å². The smallest absolute Gasteiger partial charge is 0.125 e. The molecule has 0 spiro atoms. The van der Waals surface area contributed by atoms with Crippen molar-refractivity contribution in [3.8, 4) is 0 Å². The van der Waals surface area contributed by atoms with E-state index in [1.165, 1.54) is 18.9 Å². The zero-order chi connectivity index (χ0) is 14.3. The Hall–Kier alpha value is -1.09. The van der Waals surface area contributed by atoms with Gasteiger partial charge in [0.2, 0.25) is 0 Å². The highest BCUT2D eigenvalue weighted by molar-refractivity contribution is 5.49. The minimum atomic E-state index is -0.191. The van der Waals surface area contributed by atoms with Crippen molar-refractivity contribution >= 4 is 5.69 Å². The molecule has 3 heteroatoms. The number of nitrogens with zero attached hydrogens (tertiary/aromatic N) is 1. The Balaban J connectivity index is 2.91. The first kappa shape index (κ1) is 16.0. The summed E-state index contributed by atoms with van der Waals surface area (Å²) in [6, 6.07) is 6.79. The number of unbranched alkanes of at least 4 members (excludes halogenated alkanes) is 2. The van der Waals surface area contributed by atoms with Gasteiger partial charge in [0.15, 0.2) is 0 Å². The SMILES string of the molecule is CCCCCC(C)(CN)N(CC)c1cccc(F)c1. The van der Waals surface area contributed by atoms with Gasteiger partial charge in [0.25, 0.3) is 0 Å². The summed E-state index contributed by atoms with van der Waals surface area (Å²) >= 11 is 0. The monoisotopic (exact) mass is 266 g/mol. The van der Waals surface area contributed by atoms with Crippen LogP contribution in [-0.4, -0.2) is 18.6 Å². The quantitative estimate of drug-likeness (QED) is 0.722. The van der Waals surface area contributed by atoms with Crippen molar-refractivity contribution in [2.75, 3.05) is 18.0 Å². The summed E-state index contributed by atoms with van der Waals surface area (Å²) in [5.74, 6) is -0.191. The Bertz CT molecular complexity index is 381. The van der Waals surface area contributed by atoms with Crippen LogP contribution < -0.4 is 10.6 Å². The molecule has 2 nitrogen and oxygen atoms in total. The molecule has 1 aromatic carbocycles. The molecule has 0 saturated heterocycles. The molecule has 0 fully saturated rings. The van der Waals surface area contributed by atoms with E-state index in [2.05, 4.69) is 25.7 Å². The Labute approximate surface area is 116 Å². The number of halogens is 1. The first-order valence-corrected chi connectivity index (χ1v) is 7.30. The third kappa shape index (κ3) is 4.20. The molecule has 2 N–H and O–H groups in total. The summed E-state index contributed by atoms with van der Waals surface area (Å²) in [5.41, 5.74) is 6.83. The molecule has 0 aliphatic rings. The van der Waals surface area contributed by atoms with Crippen LogP contribution >= 0.6 is 0 Å². The topological polar surface area (TPSA) is 29.3 Å². The zero-order valence-corrected chi connectivity index (χ0v) is 12.5. The molecule has 0 amide bonds. The number of nitrogens with two attached hydrogens (primary N) is 1. The number of hydrogen-bond acceptors (Lipinski definition) is 2. The van der Waals surface area contributed by atoms with Crippen molar-refractivity contribution in [1.82, 2.24) is 0 Å². The molecule has 0 saturated carbocycles. The zero-order valence-electron chi connectivity index (χ0n) is 12.5. The van der Waals surface area contributed by atoms with Gasteiger partial charge in [-0.15, -0.1) is 0 Å². The molecule has 0 aliphatic carbocycles. The molecule has 108 valence electrons. The number of anilines is 1. The second-order valence-electron chi connectivity index (χ2n) is 5.38. The normalized spacial score (nSPS) is 14.2. The molecule has 1 unspecified atom stereocenters. The van der Waals surface area contributed by atoms with Crippen LogP contribution in [0.4, 0.5) is 10.1 Å². The molecule has 0 aliphatic heterocycles. The van der Waals surface area contributed by atoms with Crippen LogP contribution in [-0.2, 0) is 0 Å². The predicted molar refractivity (Wildman–Crippen MR) is 81.0 cm³/mol. The van der Waals surface area contributed by atoms with Gasteiger partial charge in [0.1, 0.15) is 5.82 Å². The summed E-state index contributed by atoms with van der Waals surface area (Å²) in [6.45, 7) is 7.89. The minimum absolute atomic E-state index is 0.0995. The van der Waals surface area contributed by atoms with Gasteiger partial charge in [-0.2, -0.15) is 0 Å². The second-order valence-corrected chi connectivity index (χ2v) is 5.38. The number of benzene rings is 1. The van der Waals surface area contributed by atoms with Crippen LogP contribution in [0.3, 0.4) is 0 Å². The lowest BCUT2D eigenvalue weighted by atomic mass is 9.91. The summed E-state index contributed by atoms with van der Waals surface area (Å²) < 4.78 is 13.4. The fourth-order valence-electron chi connectivity index (χ4n) is 2.62. The Morgan fingerprint density at radius 1 is 1.26 bits per heavy atom.